The number of hydrogen-bond acceptors (Lipinski definition) is 3. The standard InChI is InChI=1S/C19H26N4O2/c1-13-12-21-23(14(2)15-8-9-15)18(13)22-19(24)20-11-10-16-6-4-5-7-17(16)25-3/h4-7,12,14-15H,8-11H2,1-3H3,(H2,20,22,24). The number of nitrogens with zero attached hydrogens (tertiary/aromatic N) is 2. The van der Waals surface area contributed by atoms with Crippen molar-refractivity contribution in [2.45, 2.75) is 39.2 Å². The van der Waals surface area contributed by atoms with Crippen LogP contribution in [0, 0.1) is 12.8 Å². The first-order valence-corrected chi connectivity index (χ1v) is 8.81. The van der Waals surface area contributed by atoms with E-state index in [-0.39, 0.29) is 6.03 Å². The molecular formula is C19H26N4O2. The number of hydrogen-bond donors (Lipinski definition) is 2. The van der Waals surface area contributed by atoms with E-state index in [0.29, 0.717) is 24.9 Å². The van der Waals surface area contributed by atoms with Crippen LogP contribution < -0.4 is 15.4 Å². The molecule has 134 valence electrons. The molecule has 2 aromatic rings. The van der Waals surface area contributed by atoms with Gasteiger partial charge in [0.2, 0.25) is 0 Å². The normalized spacial score (nSPS) is 14.8. The summed E-state index contributed by atoms with van der Waals surface area (Å²) in [7, 11) is 1.66. The predicted octanol–water partition coefficient (Wildman–Crippen LogP) is 3.54. The van der Waals surface area contributed by atoms with E-state index in [1.54, 1.807) is 7.11 Å². The lowest BCUT2D eigenvalue weighted by atomic mass is 10.1. The molecule has 0 bridgehead atoms. The van der Waals surface area contributed by atoms with Crippen LogP contribution in [-0.4, -0.2) is 29.5 Å². The van der Waals surface area contributed by atoms with E-state index in [2.05, 4.69) is 22.7 Å². The van der Waals surface area contributed by atoms with Crippen LogP contribution in [-0.2, 0) is 6.42 Å². The molecule has 1 fully saturated rings. The maximum absolute atomic E-state index is 12.3. The van der Waals surface area contributed by atoms with Crippen molar-refractivity contribution in [3.63, 3.8) is 0 Å². The highest BCUT2D eigenvalue weighted by Gasteiger charge is 2.31. The summed E-state index contributed by atoms with van der Waals surface area (Å²) < 4.78 is 7.27. The molecule has 0 radical (unpaired) electrons. The third kappa shape index (κ3) is 4.13. The van der Waals surface area contributed by atoms with Gasteiger partial charge < -0.3 is 10.1 Å². The second-order valence-corrected chi connectivity index (χ2v) is 6.64. The van der Waals surface area contributed by atoms with Crippen LogP contribution in [0.15, 0.2) is 30.5 Å². The number of rotatable bonds is 7. The lowest BCUT2D eigenvalue weighted by Crippen LogP contribution is -2.32. The van der Waals surface area contributed by atoms with Crippen LogP contribution in [0.2, 0.25) is 0 Å². The van der Waals surface area contributed by atoms with Gasteiger partial charge in [0.15, 0.2) is 0 Å². The van der Waals surface area contributed by atoms with Crippen LogP contribution in [0.3, 0.4) is 0 Å². The zero-order chi connectivity index (χ0) is 17.8. The van der Waals surface area contributed by atoms with Gasteiger partial charge in [-0.2, -0.15) is 5.10 Å². The van der Waals surface area contributed by atoms with Crippen LogP contribution in [0.5, 0.6) is 5.75 Å². The Kier molecular flexibility index (Phi) is 5.26. The number of nitrogens with one attached hydrogen (secondary N) is 2. The number of aromatic nitrogens is 2. The van der Waals surface area contributed by atoms with Crippen molar-refractivity contribution in [2.75, 3.05) is 19.0 Å². The Bertz CT molecular complexity index is 737. The van der Waals surface area contributed by atoms with E-state index in [9.17, 15) is 4.79 Å². The number of ether oxygens (including phenoxy) is 1. The number of anilines is 1. The molecule has 6 heteroatoms. The molecule has 0 saturated heterocycles. The van der Waals surface area contributed by atoms with Crippen molar-refractivity contribution in [2.24, 2.45) is 5.92 Å². The Labute approximate surface area is 148 Å². The van der Waals surface area contributed by atoms with E-state index in [1.807, 2.05) is 42.1 Å². The van der Waals surface area contributed by atoms with Crippen LogP contribution in [0.1, 0.15) is 36.9 Å². The van der Waals surface area contributed by atoms with Gasteiger partial charge in [-0.1, -0.05) is 18.2 Å². The van der Waals surface area contributed by atoms with Crippen LogP contribution >= 0.6 is 0 Å². The molecule has 1 heterocycles. The van der Waals surface area contributed by atoms with Gasteiger partial charge in [0, 0.05) is 12.1 Å². The van der Waals surface area contributed by atoms with Crippen molar-refractivity contribution in [1.29, 1.82) is 0 Å². The summed E-state index contributed by atoms with van der Waals surface area (Å²) in [6.07, 6.45) is 5.01. The van der Waals surface area contributed by atoms with Crippen LogP contribution in [0.25, 0.3) is 0 Å². The topological polar surface area (TPSA) is 68.2 Å². The van der Waals surface area contributed by atoms with Gasteiger partial charge in [-0.25, -0.2) is 9.48 Å². The fourth-order valence-corrected chi connectivity index (χ4v) is 3.06. The summed E-state index contributed by atoms with van der Waals surface area (Å²) in [6.45, 7) is 4.67. The molecule has 1 saturated carbocycles. The highest BCUT2D eigenvalue weighted by molar-refractivity contribution is 5.89. The Morgan fingerprint density at radius 1 is 1.40 bits per heavy atom. The summed E-state index contributed by atoms with van der Waals surface area (Å²) in [6, 6.07) is 7.96. The van der Waals surface area contributed by atoms with Crippen molar-refractivity contribution in [3.8, 4) is 5.75 Å². The Morgan fingerprint density at radius 3 is 2.88 bits per heavy atom. The monoisotopic (exact) mass is 342 g/mol. The number of carbonyl (C=O) groups is 1. The van der Waals surface area contributed by atoms with E-state index in [0.717, 1.165) is 22.7 Å². The third-order valence-corrected chi connectivity index (χ3v) is 4.77. The van der Waals surface area contributed by atoms with Crippen molar-refractivity contribution >= 4 is 11.8 Å². The third-order valence-electron chi connectivity index (χ3n) is 4.77. The van der Waals surface area contributed by atoms with Gasteiger partial charge in [-0.15, -0.1) is 0 Å². The molecule has 1 atom stereocenters. The Balaban J connectivity index is 1.55. The maximum Gasteiger partial charge on any atom is 0.320 e. The smallest absolute Gasteiger partial charge is 0.320 e. The van der Waals surface area contributed by atoms with Gasteiger partial charge in [0.25, 0.3) is 0 Å². The number of para-hydroxylation sites is 1. The number of aryl methyl sites for hydroxylation is 1. The lowest BCUT2D eigenvalue weighted by molar-refractivity contribution is 0.252. The average molecular weight is 342 g/mol. The van der Waals surface area contributed by atoms with Crippen molar-refractivity contribution < 1.29 is 9.53 Å². The van der Waals surface area contributed by atoms with E-state index in [1.165, 1.54) is 12.8 Å². The fourth-order valence-electron chi connectivity index (χ4n) is 3.06. The molecular weight excluding hydrogens is 316 g/mol. The van der Waals surface area contributed by atoms with E-state index < -0.39 is 0 Å². The lowest BCUT2D eigenvalue weighted by Gasteiger charge is -2.16. The minimum atomic E-state index is -0.206. The first-order valence-electron chi connectivity index (χ1n) is 8.81. The highest BCUT2D eigenvalue weighted by atomic mass is 16.5. The average Bonchev–Trinajstić information content (AvgIpc) is 3.40. The van der Waals surface area contributed by atoms with Gasteiger partial charge >= 0.3 is 6.03 Å². The molecule has 1 aromatic carbocycles. The number of benzene rings is 1. The fraction of sp³-hybridized carbons (Fsp3) is 0.474. The minimum absolute atomic E-state index is 0.206. The summed E-state index contributed by atoms with van der Waals surface area (Å²) in [5, 5.41) is 10.3. The number of amides is 2. The van der Waals surface area contributed by atoms with Gasteiger partial charge in [0.05, 0.1) is 19.3 Å². The number of methoxy groups -OCH3 is 1. The van der Waals surface area contributed by atoms with Crippen LogP contribution in [0.4, 0.5) is 10.6 Å². The predicted molar refractivity (Wildman–Crippen MR) is 98.1 cm³/mol. The zero-order valence-corrected chi connectivity index (χ0v) is 15.1. The molecule has 3 rings (SSSR count). The Morgan fingerprint density at radius 2 is 2.16 bits per heavy atom. The molecule has 1 unspecified atom stereocenters. The molecule has 2 amide bonds. The molecule has 0 aliphatic heterocycles. The molecule has 25 heavy (non-hydrogen) atoms. The SMILES string of the molecule is COc1ccccc1CCNC(=O)Nc1c(C)cnn1C(C)C1CC1. The van der Waals surface area contributed by atoms with E-state index >= 15 is 0 Å². The molecule has 1 aromatic heterocycles. The molecule has 6 nitrogen and oxygen atoms in total. The first kappa shape index (κ1) is 17.3. The highest BCUT2D eigenvalue weighted by Crippen LogP contribution is 2.40. The Hall–Kier alpha value is -2.50. The molecule has 1 aliphatic carbocycles. The zero-order valence-electron chi connectivity index (χ0n) is 15.1. The summed E-state index contributed by atoms with van der Waals surface area (Å²) in [5.74, 6) is 2.31. The summed E-state index contributed by atoms with van der Waals surface area (Å²) >= 11 is 0. The minimum Gasteiger partial charge on any atom is -0.496 e. The number of urea groups is 1. The van der Waals surface area contributed by atoms with Gasteiger partial charge in [0.1, 0.15) is 11.6 Å². The maximum atomic E-state index is 12.3. The number of carbonyl (C=O) groups excluding carboxylic acids is 1. The van der Waals surface area contributed by atoms with Gasteiger partial charge in [-0.3, -0.25) is 5.32 Å². The molecule has 0 spiro atoms. The van der Waals surface area contributed by atoms with Gasteiger partial charge in [-0.05, 0) is 50.7 Å². The quantitative estimate of drug-likeness (QED) is 0.809. The largest absolute Gasteiger partial charge is 0.496 e. The van der Waals surface area contributed by atoms with Crippen molar-refractivity contribution in [3.05, 3.63) is 41.6 Å². The summed E-state index contributed by atoms with van der Waals surface area (Å²) in [4.78, 5) is 12.3. The van der Waals surface area contributed by atoms with E-state index in [4.69, 9.17) is 4.74 Å². The first-order chi connectivity index (χ1) is 12.1. The molecule has 2 N–H and O–H groups in total. The summed E-state index contributed by atoms with van der Waals surface area (Å²) in [5.41, 5.74) is 2.06. The van der Waals surface area contributed by atoms with Crippen molar-refractivity contribution in [1.82, 2.24) is 15.1 Å². The second-order valence-electron chi connectivity index (χ2n) is 6.64. The molecule has 1 aliphatic rings. The second kappa shape index (κ2) is 7.59.